The van der Waals surface area contributed by atoms with Crippen LogP contribution >= 0.6 is 11.3 Å². The summed E-state index contributed by atoms with van der Waals surface area (Å²) < 4.78 is 5.18. The van der Waals surface area contributed by atoms with Crippen molar-refractivity contribution in [2.24, 2.45) is 0 Å². The largest absolute Gasteiger partial charge is 0.378 e. The molecule has 1 fully saturated rings. The van der Waals surface area contributed by atoms with Gasteiger partial charge in [0.2, 0.25) is 5.91 Å². The Balaban J connectivity index is 1.93. The number of carbonyl (C=O) groups is 1. The van der Waals surface area contributed by atoms with Crippen molar-refractivity contribution in [3.05, 3.63) is 16.3 Å². The molecule has 0 aliphatic carbocycles. The predicted octanol–water partition coefficient (Wildman–Crippen LogP) is 0.710. The monoisotopic (exact) mass is 286 g/mol. The van der Waals surface area contributed by atoms with Crippen molar-refractivity contribution >= 4 is 27.4 Å². The molecule has 1 aromatic rings. The van der Waals surface area contributed by atoms with E-state index in [1.165, 1.54) is 6.20 Å². The first kappa shape index (κ1) is 13.7. The van der Waals surface area contributed by atoms with Crippen LogP contribution in [0.5, 0.6) is 0 Å². The molecule has 19 heavy (non-hydrogen) atoms. The van der Waals surface area contributed by atoms with Crippen LogP contribution in [0.25, 0.3) is 0 Å². The van der Waals surface area contributed by atoms with Crippen molar-refractivity contribution < 1.29 is 14.5 Å². The first-order valence-electron chi connectivity index (χ1n) is 5.81. The number of nitro groups is 1. The van der Waals surface area contributed by atoms with E-state index in [0.29, 0.717) is 31.4 Å². The second-order valence-electron chi connectivity index (χ2n) is 4.06. The molecule has 1 unspecified atom stereocenters. The molecule has 2 heterocycles. The van der Waals surface area contributed by atoms with E-state index in [4.69, 9.17) is 4.74 Å². The van der Waals surface area contributed by atoms with Crippen molar-refractivity contribution in [3.8, 4) is 0 Å². The van der Waals surface area contributed by atoms with Gasteiger partial charge in [0.25, 0.3) is 0 Å². The molecular formula is C10H14N4O4S. The lowest BCUT2D eigenvalue weighted by molar-refractivity contribution is -0.380. The van der Waals surface area contributed by atoms with Crippen molar-refractivity contribution in [3.63, 3.8) is 0 Å². The number of carbonyl (C=O) groups excluding carboxylic acids is 1. The summed E-state index contributed by atoms with van der Waals surface area (Å²) in [5, 5.41) is 13.8. The van der Waals surface area contributed by atoms with Crippen LogP contribution in [-0.4, -0.2) is 53.1 Å². The Labute approximate surface area is 113 Å². The van der Waals surface area contributed by atoms with Gasteiger partial charge in [-0.2, -0.15) is 0 Å². The number of nitrogens with one attached hydrogen (secondary N) is 1. The molecule has 0 spiro atoms. The molecule has 2 rings (SSSR count). The van der Waals surface area contributed by atoms with Gasteiger partial charge in [0, 0.05) is 13.1 Å². The van der Waals surface area contributed by atoms with Crippen LogP contribution in [0.1, 0.15) is 6.92 Å². The Kier molecular flexibility index (Phi) is 4.27. The van der Waals surface area contributed by atoms with Gasteiger partial charge in [0.05, 0.1) is 18.1 Å². The molecule has 0 radical (unpaired) electrons. The van der Waals surface area contributed by atoms with Gasteiger partial charge in [0.15, 0.2) is 5.13 Å². The second-order valence-corrected chi connectivity index (χ2v) is 5.07. The molecule has 0 bridgehead atoms. The van der Waals surface area contributed by atoms with Crippen molar-refractivity contribution in [2.45, 2.75) is 13.0 Å². The quantitative estimate of drug-likeness (QED) is 0.646. The van der Waals surface area contributed by atoms with E-state index in [0.717, 1.165) is 11.3 Å². The molecule has 1 saturated heterocycles. The zero-order valence-corrected chi connectivity index (χ0v) is 11.2. The summed E-state index contributed by atoms with van der Waals surface area (Å²) in [6.45, 7) is 3.94. The van der Waals surface area contributed by atoms with E-state index in [9.17, 15) is 14.9 Å². The maximum absolute atomic E-state index is 12.1. The second kappa shape index (κ2) is 5.93. The Morgan fingerprint density at radius 1 is 1.63 bits per heavy atom. The fourth-order valence-electron chi connectivity index (χ4n) is 1.72. The molecule has 0 aromatic carbocycles. The fourth-order valence-corrected chi connectivity index (χ4v) is 2.44. The van der Waals surface area contributed by atoms with Crippen LogP contribution in [0, 0.1) is 10.1 Å². The Morgan fingerprint density at radius 2 is 2.32 bits per heavy atom. The summed E-state index contributed by atoms with van der Waals surface area (Å²) in [4.78, 5) is 27.7. The SMILES string of the molecule is CC(Nc1ncc([N+](=O)[O-])s1)C(=O)N1CCOCC1. The lowest BCUT2D eigenvalue weighted by Gasteiger charge is -2.29. The number of hydrogen-bond donors (Lipinski definition) is 1. The number of morpholine rings is 1. The maximum atomic E-state index is 12.1. The molecule has 104 valence electrons. The standard InChI is InChI=1S/C10H14N4O4S/c1-7(9(15)13-2-4-18-5-3-13)12-10-11-6-8(19-10)14(16)17/h6-7H,2-5H2,1H3,(H,11,12). The van der Waals surface area contributed by atoms with Crippen molar-refractivity contribution in [2.75, 3.05) is 31.6 Å². The van der Waals surface area contributed by atoms with E-state index < -0.39 is 11.0 Å². The third-order valence-corrected chi connectivity index (χ3v) is 3.59. The zero-order chi connectivity index (χ0) is 13.8. The lowest BCUT2D eigenvalue weighted by atomic mass is 10.2. The average molecular weight is 286 g/mol. The summed E-state index contributed by atoms with van der Waals surface area (Å²) in [5.74, 6) is -0.0545. The molecule has 1 atom stereocenters. The molecule has 8 nitrogen and oxygen atoms in total. The minimum absolute atomic E-state index is 0.0477. The normalized spacial score (nSPS) is 17.0. The number of nitrogens with zero attached hydrogens (tertiary/aromatic N) is 3. The summed E-state index contributed by atoms with van der Waals surface area (Å²) in [6.07, 6.45) is 1.18. The highest BCUT2D eigenvalue weighted by atomic mass is 32.1. The summed E-state index contributed by atoms with van der Waals surface area (Å²) in [7, 11) is 0. The summed E-state index contributed by atoms with van der Waals surface area (Å²) in [6, 6.07) is -0.469. The van der Waals surface area contributed by atoms with Crippen molar-refractivity contribution in [1.82, 2.24) is 9.88 Å². The highest BCUT2D eigenvalue weighted by molar-refractivity contribution is 7.18. The Morgan fingerprint density at radius 3 is 2.89 bits per heavy atom. The highest BCUT2D eigenvalue weighted by Gasteiger charge is 2.23. The average Bonchev–Trinajstić information content (AvgIpc) is 2.87. The lowest BCUT2D eigenvalue weighted by Crippen LogP contribution is -2.46. The number of anilines is 1. The van der Waals surface area contributed by atoms with E-state index in [1.54, 1.807) is 11.8 Å². The number of rotatable bonds is 4. The first-order valence-corrected chi connectivity index (χ1v) is 6.63. The van der Waals surface area contributed by atoms with E-state index >= 15 is 0 Å². The summed E-state index contributed by atoms with van der Waals surface area (Å²) in [5.41, 5.74) is 0. The smallest absolute Gasteiger partial charge is 0.345 e. The van der Waals surface area contributed by atoms with Crippen LogP contribution < -0.4 is 5.32 Å². The molecule has 1 N–H and O–H groups in total. The Bertz CT molecular complexity index is 472. The molecule has 1 aromatic heterocycles. The molecule has 1 aliphatic rings. The van der Waals surface area contributed by atoms with Gasteiger partial charge in [-0.3, -0.25) is 14.9 Å². The first-order chi connectivity index (χ1) is 9.08. The topological polar surface area (TPSA) is 97.6 Å². The van der Waals surface area contributed by atoms with Crippen LogP contribution in [0.15, 0.2) is 6.20 Å². The van der Waals surface area contributed by atoms with Gasteiger partial charge in [-0.15, -0.1) is 0 Å². The van der Waals surface area contributed by atoms with Crippen molar-refractivity contribution in [1.29, 1.82) is 0 Å². The van der Waals surface area contributed by atoms with Crippen LogP contribution in [0.4, 0.5) is 10.1 Å². The number of hydrogen-bond acceptors (Lipinski definition) is 7. The molecule has 1 amide bonds. The van der Waals surface area contributed by atoms with Crippen LogP contribution in [0.2, 0.25) is 0 Å². The van der Waals surface area contributed by atoms with Crippen LogP contribution in [0.3, 0.4) is 0 Å². The number of thiazole rings is 1. The minimum Gasteiger partial charge on any atom is -0.378 e. The predicted molar refractivity (Wildman–Crippen MR) is 69.3 cm³/mol. The molecule has 0 saturated carbocycles. The summed E-state index contributed by atoms with van der Waals surface area (Å²) >= 11 is 0.917. The minimum atomic E-state index is -0.503. The van der Waals surface area contributed by atoms with Gasteiger partial charge in [-0.25, -0.2) is 4.98 Å². The zero-order valence-electron chi connectivity index (χ0n) is 10.4. The molecule has 9 heteroatoms. The van der Waals surface area contributed by atoms with Gasteiger partial charge >= 0.3 is 5.00 Å². The van der Waals surface area contributed by atoms with Gasteiger partial charge < -0.3 is 15.0 Å². The van der Waals surface area contributed by atoms with Gasteiger partial charge in [-0.05, 0) is 18.3 Å². The van der Waals surface area contributed by atoms with Gasteiger partial charge in [-0.1, -0.05) is 0 Å². The highest BCUT2D eigenvalue weighted by Crippen LogP contribution is 2.25. The number of amides is 1. The van der Waals surface area contributed by atoms with E-state index in [2.05, 4.69) is 10.3 Å². The number of aromatic nitrogens is 1. The van der Waals surface area contributed by atoms with Crippen LogP contribution in [-0.2, 0) is 9.53 Å². The fraction of sp³-hybridized carbons (Fsp3) is 0.600. The van der Waals surface area contributed by atoms with E-state index in [1.807, 2.05) is 0 Å². The maximum Gasteiger partial charge on any atom is 0.345 e. The Hall–Kier alpha value is -1.74. The third kappa shape index (κ3) is 3.38. The van der Waals surface area contributed by atoms with Gasteiger partial charge in [0.1, 0.15) is 12.2 Å². The third-order valence-electron chi connectivity index (χ3n) is 2.71. The molecular weight excluding hydrogens is 272 g/mol. The number of ether oxygens (including phenoxy) is 1. The van der Waals surface area contributed by atoms with E-state index in [-0.39, 0.29) is 10.9 Å². The molecule has 1 aliphatic heterocycles.